The first-order valence-electron chi connectivity index (χ1n) is 2.14. The van der Waals surface area contributed by atoms with Crippen LogP contribution in [0, 0.1) is 0 Å². The summed E-state index contributed by atoms with van der Waals surface area (Å²) in [6.45, 7) is 4.69. The molecular weight excluding hydrogens is 124 g/mol. The summed E-state index contributed by atoms with van der Waals surface area (Å²) in [5.41, 5.74) is -0.465. The van der Waals surface area contributed by atoms with Gasteiger partial charge in [0.05, 0.1) is 0 Å². The van der Waals surface area contributed by atoms with Gasteiger partial charge in [0.15, 0.2) is 5.44 Å². The van der Waals surface area contributed by atoms with Crippen LogP contribution in [0.2, 0.25) is 0 Å². The Kier molecular flexibility index (Phi) is 3.35. The van der Waals surface area contributed by atoms with Gasteiger partial charge in [-0.25, -0.2) is 0 Å². The number of carbonyl (C=O) groups excluding carboxylic acids is 1. The topological polar surface area (TPSA) is 26.3 Å². The number of thiol groups is 1. The van der Waals surface area contributed by atoms with E-state index < -0.39 is 5.44 Å². The largest absolute Gasteiger partial charge is 0.447 e. The Labute approximate surface area is 53.9 Å². The Hall–Kier alpha value is -0.440. The van der Waals surface area contributed by atoms with Crippen LogP contribution in [0.15, 0.2) is 12.7 Å². The lowest BCUT2D eigenvalue weighted by atomic mass is 10.7. The Balaban J connectivity index is 3.38. The van der Waals surface area contributed by atoms with Crippen molar-refractivity contribution in [2.45, 2.75) is 12.4 Å². The second kappa shape index (κ2) is 3.55. The normalized spacial score (nSPS) is 12.2. The predicted molar refractivity (Wildman–Crippen MR) is 34.7 cm³/mol. The summed E-state index contributed by atoms with van der Waals surface area (Å²) in [5, 5.41) is 0. The van der Waals surface area contributed by atoms with Crippen molar-refractivity contribution in [1.29, 1.82) is 0 Å². The number of hydrogen-bond donors (Lipinski definition) is 1. The number of hydrogen-bond acceptors (Lipinski definition) is 3. The van der Waals surface area contributed by atoms with E-state index in [0.29, 0.717) is 0 Å². The predicted octanol–water partition coefficient (Wildman–Crippen LogP) is 0.991. The first kappa shape index (κ1) is 7.56. The van der Waals surface area contributed by atoms with Crippen molar-refractivity contribution >= 4 is 18.6 Å². The fourth-order valence-electron chi connectivity index (χ4n) is 0.218. The van der Waals surface area contributed by atoms with Crippen LogP contribution < -0.4 is 0 Å². The molecule has 2 nitrogen and oxygen atoms in total. The van der Waals surface area contributed by atoms with Crippen molar-refractivity contribution in [2.24, 2.45) is 0 Å². The van der Waals surface area contributed by atoms with Gasteiger partial charge in [0.1, 0.15) is 0 Å². The third-order valence-corrected chi connectivity index (χ3v) is 0.805. The van der Waals surface area contributed by atoms with E-state index in [1.54, 1.807) is 0 Å². The first-order valence-corrected chi connectivity index (χ1v) is 2.66. The minimum absolute atomic E-state index is 0.343. The lowest BCUT2D eigenvalue weighted by Crippen LogP contribution is -2.05. The van der Waals surface area contributed by atoms with Crippen LogP contribution in [0.25, 0.3) is 0 Å². The number of rotatable bonds is 2. The zero-order valence-corrected chi connectivity index (χ0v) is 5.52. The Morgan fingerprint density at radius 3 is 2.62 bits per heavy atom. The van der Waals surface area contributed by atoms with E-state index in [4.69, 9.17) is 0 Å². The molecule has 1 atom stereocenters. The molecule has 0 N–H and O–H groups in total. The van der Waals surface area contributed by atoms with Gasteiger partial charge in [-0.05, 0) is 6.08 Å². The van der Waals surface area contributed by atoms with Crippen LogP contribution in [0.1, 0.15) is 6.92 Å². The highest BCUT2D eigenvalue weighted by molar-refractivity contribution is 7.81. The van der Waals surface area contributed by atoms with Gasteiger partial charge in [-0.3, -0.25) is 4.79 Å². The maximum Gasteiger partial charge on any atom is 0.304 e. The molecule has 0 aliphatic rings. The zero-order chi connectivity index (χ0) is 6.57. The Morgan fingerprint density at radius 2 is 2.50 bits per heavy atom. The highest BCUT2D eigenvalue weighted by Crippen LogP contribution is 1.96. The Bertz CT molecular complexity index is 101. The maximum atomic E-state index is 10.1. The molecule has 0 bridgehead atoms. The van der Waals surface area contributed by atoms with Crippen molar-refractivity contribution in [3.8, 4) is 0 Å². The molecular formula is C5H8O2S. The van der Waals surface area contributed by atoms with Gasteiger partial charge < -0.3 is 4.74 Å². The number of esters is 1. The quantitative estimate of drug-likeness (QED) is 0.262. The second-order valence-corrected chi connectivity index (χ2v) is 1.74. The molecule has 46 valence electrons. The zero-order valence-electron chi connectivity index (χ0n) is 4.63. The minimum Gasteiger partial charge on any atom is -0.447 e. The highest BCUT2D eigenvalue weighted by Gasteiger charge is 1.97. The van der Waals surface area contributed by atoms with Gasteiger partial charge in [0, 0.05) is 6.92 Å². The van der Waals surface area contributed by atoms with Crippen LogP contribution >= 0.6 is 12.6 Å². The summed E-state index contributed by atoms with van der Waals surface area (Å²) in [7, 11) is 0. The number of ether oxygens (including phenoxy) is 1. The molecule has 8 heavy (non-hydrogen) atoms. The molecule has 0 radical (unpaired) electrons. The van der Waals surface area contributed by atoms with Crippen molar-refractivity contribution in [3.63, 3.8) is 0 Å². The summed E-state index contributed by atoms with van der Waals surface area (Å²) in [6, 6.07) is 0. The lowest BCUT2D eigenvalue weighted by Gasteiger charge is -2.02. The van der Waals surface area contributed by atoms with Crippen molar-refractivity contribution < 1.29 is 9.53 Å². The van der Waals surface area contributed by atoms with Crippen molar-refractivity contribution in [3.05, 3.63) is 12.7 Å². The fraction of sp³-hybridized carbons (Fsp3) is 0.400. The van der Waals surface area contributed by atoms with E-state index in [1.807, 2.05) is 0 Å². The van der Waals surface area contributed by atoms with E-state index in [-0.39, 0.29) is 5.97 Å². The summed E-state index contributed by atoms with van der Waals surface area (Å²) >= 11 is 3.81. The van der Waals surface area contributed by atoms with Gasteiger partial charge in [-0.2, -0.15) is 0 Å². The highest BCUT2D eigenvalue weighted by atomic mass is 32.1. The molecule has 0 fully saturated rings. The van der Waals surface area contributed by atoms with Crippen LogP contribution in [0.3, 0.4) is 0 Å². The van der Waals surface area contributed by atoms with Gasteiger partial charge >= 0.3 is 5.97 Å². The van der Waals surface area contributed by atoms with Crippen LogP contribution in [-0.4, -0.2) is 11.4 Å². The SMILES string of the molecule is C=CC(S)OC(C)=O. The summed E-state index contributed by atoms with van der Waals surface area (Å²) in [5.74, 6) is -0.343. The molecule has 3 heteroatoms. The molecule has 0 saturated carbocycles. The second-order valence-electron chi connectivity index (χ2n) is 1.24. The summed E-state index contributed by atoms with van der Waals surface area (Å²) < 4.78 is 4.51. The first-order chi connectivity index (χ1) is 3.66. The Morgan fingerprint density at radius 1 is 2.00 bits per heavy atom. The van der Waals surface area contributed by atoms with E-state index in [2.05, 4.69) is 23.9 Å². The molecule has 0 spiro atoms. The fourth-order valence-corrected chi connectivity index (χ4v) is 0.367. The van der Waals surface area contributed by atoms with Crippen molar-refractivity contribution in [2.75, 3.05) is 0 Å². The molecule has 1 unspecified atom stereocenters. The molecule has 0 aliphatic heterocycles. The van der Waals surface area contributed by atoms with Crippen molar-refractivity contribution in [1.82, 2.24) is 0 Å². The van der Waals surface area contributed by atoms with E-state index in [9.17, 15) is 4.79 Å². The van der Waals surface area contributed by atoms with Crippen LogP contribution in [0.5, 0.6) is 0 Å². The molecule has 0 saturated heterocycles. The molecule has 0 heterocycles. The summed E-state index contributed by atoms with van der Waals surface area (Å²) in [4.78, 5) is 10.1. The summed E-state index contributed by atoms with van der Waals surface area (Å²) in [6.07, 6.45) is 1.44. The van der Waals surface area contributed by atoms with Gasteiger partial charge in [0.25, 0.3) is 0 Å². The third kappa shape index (κ3) is 3.74. The van der Waals surface area contributed by atoms with E-state index in [0.717, 1.165) is 0 Å². The molecule has 0 aromatic heterocycles. The monoisotopic (exact) mass is 132 g/mol. The lowest BCUT2D eigenvalue weighted by molar-refractivity contribution is -0.140. The van der Waals surface area contributed by atoms with Gasteiger partial charge in [0.2, 0.25) is 0 Å². The smallest absolute Gasteiger partial charge is 0.304 e. The van der Waals surface area contributed by atoms with E-state index in [1.165, 1.54) is 13.0 Å². The average molecular weight is 132 g/mol. The van der Waals surface area contributed by atoms with Crippen LogP contribution in [-0.2, 0) is 9.53 Å². The molecule has 0 aromatic rings. The minimum atomic E-state index is -0.465. The molecule has 0 aromatic carbocycles. The van der Waals surface area contributed by atoms with Crippen LogP contribution in [0.4, 0.5) is 0 Å². The standard InChI is InChI=1S/C5H8O2S/c1-3-5(8)7-4(2)6/h3,5,8H,1H2,2H3. The van der Waals surface area contributed by atoms with Gasteiger partial charge in [-0.1, -0.05) is 6.58 Å². The average Bonchev–Trinajstić information content (AvgIpc) is 1.65. The number of carbonyl (C=O) groups is 1. The maximum absolute atomic E-state index is 10.1. The molecule has 0 rings (SSSR count). The molecule has 0 aliphatic carbocycles. The molecule has 0 amide bonds. The third-order valence-electron chi connectivity index (χ3n) is 0.488. The van der Waals surface area contributed by atoms with Gasteiger partial charge in [-0.15, -0.1) is 12.6 Å². The van der Waals surface area contributed by atoms with E-state index >= 15 is 0 Å².